The SMILES string of the molecule is CC(C)C1CC1c1c([N+](=O)[O-])c[nH]c(=O)c1C#N. The van der Waals surface area contributed by atoms with Crippen molar-refractivity contribution in [2.45, 2.75) is 26.2 Å². The Morgan fingerprint density at radius 2 is 2.28 bits per heavy atom. The fourth-order valence-corrected chi connectivity index (χ4v) is 2.45. The summed E-state index contributed by atoms with van der Waals surface area (Å²) < 4.78 is 0. The quantitative estimate of drug-likeness (QED) is 0.651. The molecule has 0 radical (unpaired) electrons. The zero-order chi connectivity index (χ0) is 13.4. The van der Waals surface area contributed by atoms with Crippen LogP contribution >= 0.6 is 0 Å². The molecule has 0 saturated heterocycles. The molecule has 18 heavy (non-hydrogen) atoms. The number of nitrogens with zero attached hydrogens (tertiary/aromatic N) is 2. The number of nitrogens with one attached hydrogen (secondary N) is 1. The van der Waals surface area contributed by atoms with Crippen molar-refractivity contribution >= 4 is 5.69 Å². The summed E-state index contributed by atoms with van der Waals surface area (Å²) in [4.78, 5) is 24.2. The lowest BCUT2D eigenvalue weighted by molar-refractivity contribution is -0.386. The molecule has 1 fully saturated rings. The zero-order valence-electron chi connectivity index (χ0n) is 10.1. The fourth-order valence-electron chi connectivity index (χ4n) is 2.45. The molecule has 1 aliphatic carbocycles. The van der Waals surface area contributed by atoms with E-state index in [4.69, 9.17) is 5.26 Å². The predicted molar refractivity (Wildman–Crippen MR) is 64.1 cm³/mol. The van der Waals surface area contributed by atoms with Gasteiger partial charge in [-0.3, -0.25) is 14.9 Å². The topological polar surface area (TPSA) is 99.8 Å². The van der Waals surface area contributed by atoms with E-state index < -0.39 is 10.5 Å². The van der Waals surface area contributed by atoms with Crippen molar-refractivity contribution in [3.8, 4) is 6.07 Å². The van der Waals surface area contributed by atoms with Crippen LogP contribution in [0.1, 0.15) is 37.3 Å². The molecule has 94 valence electrons. The minimum absolute atomic E-state index is 0.0395. The Hall–Kier alpha value is -2.16. The molecule has 1 N–H and O–H groups in total. The molecule has 1 saturated carbocycles. The number of rotatable bonds is 3. The highest BCUT2D eigenvalue weighted by Gasteiger charge is 2.45. The molecule has 0 aromatic carbocycles. The van der Waals surface area contributed by atoms with Crippen LogP contribution in [-0.4, -0.2) is 9.91 Å². The van der Waals surface area contributed by atoms with Crippen LogP contribution in [0.15, 0.2) is 11.0 Å². The predicted octanol–water partition coefficient (Wildman–Crippen LogP) is 1.91. The Labute approximate surface area is 103 Å². The van der Waals surface area contributed by atoms with E-state index in [0.717, 1.165) is 12.6 Å². The molecule has 6 heteroatoms. The van der Waals surface area contributed by atoms with Crippen molar-refractivity contribution in [3.63, 3.8) is 0 Å². The lowest BCUT2D eigenvalue weighted by atomic mass is 9.99. The molecule has 0 aliphatic heterocycles. The molecule has 1 aromatic rings. The van der Waals surface area contributed by atoms with Gasteiger partial charge in [0.25, 0.3) is 11.2 Å². The lowest BCUT2D eigenvalue weighted by Crippen LogP contribution is -2.15. The van der Waals surface area contributed by atoms with E-state index in [1.165, 1.54) is 0 Å². The summed E-state index contributed by atoms with van der Waals surface area (Å²) in [7, 11) is 0. The number of hydrogen-bond acceptors (Lipinski definition) is 4. The average molecular weight is 247 g/mol. The van der Waals surface area contributed by atoms with Crippen LogP contribution in [-0.2, 0) is 0 Å². The maximum atomic E-state index is 11.6. The van der Waals surface area contributed by atoms with Crippen molar-refractivity contribution in [1.29, 1.82) is 5.26 Å². The van der Waals surface area contributed by atoms with Crippen LogP contribution in [0.5, 0.6) is 0 Å². The first-order valence-electron chi connectivity index (χ1n) is 5.77. The summed E-state index contributed by atoms with van der Waals surface area (Å²) in [6.07, 6.45) is 1.89. The number of nitriles is 1. The Balaban J connectivity index is 2.57. The van der Waals surface area contributed by atoms with Gasteiger partial charge in [-0.05, 0) is 24.2 Å². The zero-order valence-corrected chi connectivity index (χ0v) is 10.1. The van der Waals surface area contributed by atoms with E-state index in [1.54, 1.807) is 6.07 Å². The molecule has 2 atom stereocenters. The second kappa shape index (κ2) is 4.26. The molecule has 0 bridgehead atoms. The molecule has 6 nitrogen and oxygen atoms in total. The van der Waals surface area contributed by atoms with Crippen LogP contribution in [0, 0.1) is 33.3 Å². The minimum atomic E-state index is -0.549. The van der Waals surface area contributed by atoms with Gasteiger partial charge in [-0.15, -0.1) is 0 Å². The lowest BCUT2D eigenvalue weighted by Gasteiger charge is -2.06. The van der Waals surface area contributed by atoms with Crippen molar-refractivity contribution < 1.29 is 4.92 Å². The van der Waals surface area contributed by atoms with Crippen molar-refractivity contribution in [3.05, 3.63) is 37.8 Å². The summed E-state index contributed by atoms with van der Waals surface area (Å²) in [6.45, 7) is 4.07. The third-order valence-electron chi connectivity index (χ3n) is 3.49. The van der Waals surface area contributed by atoms with Gasteiger partial charge in [0, 0.05) is 0 Å². The Morgan fingerprint density at radius 1 is 1.61 bits per heavy atom. The first-order chi connectivity index (χ1) is 8.47. The molecule has 1 heterocycles. The monoisotopic (exact) mass is 247 g/mol. The largest absolute Gasteiger partial charge is 0.322 e. The molecule has 2 unspecified atom stereocenters. The summed E-state index contributed by atoms with van der Waals surface area (Å²) in [5, 5.41) is 20.0. The molecular formula is C12H13N3O3. The van der Waals surface area contributed by atoms with Gasteiger partial charge in [0.2, 0.25) is 0 Å². The van der Waals surface area contributed by atoms with E-state index in [2.05, 4.69) is 4.98 Å². The Bertz CT molecular complexity index is 598. The summed E-state index contributed by atoms with van der Waals surface area (Å²) in [6, 6.07) is 1.79. The van der Waals surface area contributed by atoms with E-state index >= 15 is 0 Å². The average Bonchev–Trinajstić information content (AvgIpc) is 3.07. The number of hydrogen-bond donors (Lipinski definition) is 1. The van der Waals surface area contributed by atoms with Crippen LogP contribution < -0.4 is 5.56 Å². The van der Waals surface area contributed by atoms with Gasteiger partial charge < -0.3 is 4.98 Å². The Kier molecular flexibility index (Phi) is 2.91. The molecule has 0 spiro atoms. The normalized spacial score (nSPS) is 21.7. The van der Waals surface area contributed by atoms with Crippen molar-refractivity contribution in [2.24, 2.45) is 11.8 Å². The number of H-pyrrole nitrogens is 1. The molecule has 1 aliphatic rings. The summed E-state index contributed by atoms with van der Waals surface area (Å²) in [5.74, 6) is 0.667. The standard InChI is InChI=1S/C12H13N3O3/c1-6(2)7-3-8(7)11-9(4-13)12(16)14-5-10(11)15(17)18/h5-8H,3H2,1-2H3,(H,14,16). The van der Waals surface area contributed by atoms with Gasteiger partial charge in [0.05, 0.1) is 16.7 Å². The van der Waals surface area contributed by atoms with Crippen LogP contribution in [0.3, 0.4) is 0 Å². The van der Waals surface area contributed by atoms with E-state index in [0.29, 0.717) is 17.4 Å². The third-order valence-corrected chi connectivity index (χ3v) is 3.49. The number of aromatic nitrogens is 1. The Morgan fingerprint density at radius 3 is 2.72 bits per heavy atom. The number of pyridine rings is 1. The maximum absolute atomic E-state index is 11.6. The van der Waals surface area contributed by atoms with Gasteiger partial charge in [0.1, 0.15) is 11.6 Å². The minimum Gasteiger partial charge on any atom is -0.322 e. The van der Waals surface area contributed by atoms with Crippen molar-refractivity contribution in [1.82, 2.24) is 4.98 Å². The maximum Gasteiger partial charge on any atom is 0.290 e. The second-order valence-electron chi connectivity index (χ2n) is 4.91. The van der Waals surface area contributed by atoms with Crippen molar-refractivity contribution in [2.75, 3.05) is 0 Å². The highest BCUT2D eigenvalue weighted by molar-refractivity contribution is 5.52. The van der Waals surface area contributed by atoms with E-state index in [-0.39, 0.29) is 17.2 Å². The number of nitro groups is 1. The summed E-state index contributed by atoms with van der Waals surface area (Å²) in [5.41, 5.74) is -0.505. The van der Waals surface area contributed by atoms with Gasteiger partial charge in [-0.1, -0.05) is 13.8 Å². The molecule has 2 rings (SSSR count). The first kappa shape index (κ1) is 12.3. The van der Waals surface area contributed by atoms with Gasteiger partial charge in [0.15, 0.2) is 0 Å². The van der Waals surface area contributed by atoms with Crippen LogP contribution in [0.4, 0.5) is 5.69 Å². The molecule has 1 aromatic heterocycles. The van der Waals surface area contributed by atoms with Crippen LogP contribution in [0.2, 0.25) is 0 Å². The second-order valence-corrected chi connectivity index (χ2v) is 4.91. The van der Waals surface area contributed by atoms with Gasteiger partial charge >= 0.3 is 0 Å². The third kappa shape index (κ3) is 1.88. The highest BCUT2D eigenvalue weighted by atomic mass is 16.6. The van der Waals surface area contributed by atoms with Crippen LogP contribution in [0.25, 0.3) is 0 Å². The van der Waals surface area contributed by atoms with E-state index in [1.807, 2.05) is 13.8 Å². The highest BCUT2D eigenvalue weighted by Crippen LogP contribution is 2.54. The van der Waals surface area contributed by atoms with Gasteiger partial charge in [-0.2, -0.15) is 5.26 Å². The fraction of sp³-hybridized carbons (Fsp3) is 0.500. The number of aromatic amines is 1. The van der Waals surface area contributed by atoms with E-state index in [9.17, 15) is 14.9 Å². The first-order valence-corrected chi connectivity index (χ1v) is 5.77. The molecular weight excluding hydrogens is 234 g/mol. The van der Waals surface area contributed by atoms with Gasteiger partial charge in [-0.25, -0.2) is 0 Å². The smallest absolute Gasteiger partial charge is 0.290 e. The summed E-state index contributed by atoms with van der Waals surface area (Å²) >= 11 is 0. The molecule has 0 amide bonds.